The van der Waals surface area contributed by atoms with Crippen LogP contribution in [0.15, 0.2) is 12.7 Å². The first-order valence-electron chi connectivity index (χ1n) is 9.23. The molecule has 0 spiro atoms. The minimum atomic E-state index is -0.971. The minimum Gasteiger partial charge on any atom is -0.463 e. The fraction of sp³-hybridized carbons (Fsp3) is 0.842. The van der Waals surface area contributed by atoms with Gasteiger partial charge in [-0.1, -0.05) is 6.08 Å². The Kier molecular flexibility index (Phi) is 11.8. The highest BCUT2D eigenvalue weighted by Crippen LogP contribution is 2.28. The quantitative estimate of drug-likeness (QED) is 0.319. The third-order valence-corrected chi connectivity index (χ3v) is 4.73. The van der Waals surface area contributed by atoms with Crippen LogP contribution in [0, 0.1) is 0 Å². The second-order valence-electron chi connectivity index (χ2n) is 6.50. The van der Waals surface area contributed by atoms with Gasteiger partial charge in [0.15, 0.2) is 6.29 Å². The van der Waals surface area contributed by atoms with E-state index in [2.05, 4.69) is 6.58 Å². The maximum atomic E-state index is 11.2. The molecule has 29 heavy (non-hydrogen) atoms. The van der Waals surface area contributed by atoms with Gasteiger partial charge in [0.1, 0.15) is 49.3 Å². The summed E-state index contributed by atoms with van der Waals surface area (Å²) in [5.41, 5.74) is 0. The Morgan fingerprint density at radius 3 is 2.24 bits per heavy atom. The van der Waals surface area contributed by atoms with E-state index in [-0.39, 0.29) is 13.2 Å². The largest absolute Gasteiger partial charge is 0.463 e. The first kappa shape index (κ1) is 25.9. The van der Waals surface area contributed by atoms with Crippen molar-refractivity contribution in [1.82, 2.24) is 0 Å². The lowest BCUT2D eigenvalue weighted by Gasteiger charge is -2.44. The molecule has 1 N–H and O–H groups in total. The van der Waals surface area contributed by atoms with E-state index < -0.39 is 55.0 Å². The van der Waals surface area contributed by atoms with Crippen molar-refractivity contribution in [3.8, 4) is 0 Å². The zero-order chi connectivity index (χ0) is 22.0. The fourth-order valence-corrected chi connectivity index (χ4v) is 3.24. The van der Waals surface area contributed by atoms with Crippen molar-refractivity contribution in [2.75, 3.05) is 48.8 Å². The predicted molar refractivity (Wildman–Crippen MR) is 101 cm³/mol. The van der Waals surface area contributed by atoms with Gasteiger partial charge in [-0.15, -0.1) is 6.58 Å². The van der Waals surface area contributed by atoms with E-state index in [1.165, 1.54) is 48.5 Å². The van der Waals surface area contributed by atoms with Gasteiger partial charge < -0.3 is 43.0 Å². The number of aliphatic hydroxyl groups excluding tert-OH is 1. The number of rotatable bonds is 13. The average molecular weight is 422 g/mol. The molecule has 0 amide bonds. The van der Waals surface area contributed by atoms with Crippen molar-refractivity contribution in [1.29, 1.82) is 0 Å². The number of aliphatic hydroxyl groups is 1. The summed E-state index contributed by atoms with van der Waals surface area (Å²) in [5.74, 6) is -0.438. The van der Waals surface area contributed by atoms with Crippen molar-refractivity contribution in [3.05, 3.63) is 12.7 Å². The third-order valence-electron chi connectivity index (χ3n) is 4.73. The topological polar surface area (TPSA) is 111 Å². The molecule has 0 saturated carbocycles. The molecule has 0 unspecified atom stereocenters. The average Bonchev–Trinajstić information content (AvgIpc) is 2.71. The van der Waals surface area contributed by atoms with Crippen molar-refractivity contribution in [2.45, 2.75) is 55.9 Å². The van der Waals surface area contributed by atoms with Crippen LogP contribution in [0.4, 0.5) is 0 Å². The molecule has 10 heteroatoms. The lowest BCUT2D eigenvalue weighted by molar-refractivity contribution is -0.323. The zero-order valence-electron chi connectivity index (χ0n) is 17.9. The molecule has 0 aromatic rings. The standard InChI is InChI=1S/C19H34O10/c1-8-12(16(24-5)14(23-4)10-27-11(2)20)28-19-18(26-7)17(25-6)15(21)13(29-19)9-22-3/h8,12-19,21H,1,9-10H2,2-7H3/t12-,13-,14+,15-,16+,17+,18-,19+/m1/s1. The number of esters is 1. The smallest absolute Gasteiger partial charge is 0.302 e. The highest BCUT2D eigenvalue weighted by Gasteiger charge is 2.48. The van der Waals surface area contributed by atoms with Crippen LogP contribution in [0.5, 0.6) is 0 Å². The molecule has 0 aromatic carbocycles. The summed E-state index contributed by atoms with van der Waals surface area (Å²) >= 11 is 0. The van der Waals surface area contributed by atoms with Gasteiger partial charge in [-0.25, -0.2) is 0 Å². The van der Waals surface area contributed by atoms with Gasteiger partial charge in [-0.3, -0.25) is 4.79 Å². The first-order chi connectivity index (χ1) is 13.9. The highest BCUT2D eigenvalue weighted by atomic mass is 16.7. The Morgan fingerprint density at radius 2 is 1.79 bits per heavy atom. The number of ether oxygens (including phenoxy) is 8. The van der Waals surface area contributed by atoms with Gasteiger partial charge in [0.25, 0.3) is 0 Å². The van der Waals surface area contributed by atoms with Crippen LogP contribution in [0.2, 0.25) is 0 Å². The van der Waals surface area contributed by atoms with Crippen LogP contribution in [-0.4, -0.2) is 109 Å². The number of carbonyl (C=O) groups excluding carboxylic acids is 1. The van der Waals surface area contributed by atoms with E-state index in [0.717, 1.165) is 0 Å². The van der Waals surface area contributed by atoms with Crippen molar-refractivity contribution in [3.63, 3.8) is 0 Å². The van der Waals surface area contributed by atoms with Crippen LogP contribution in [0.25, 0.3) is 0 Å². The summed E-state index contributed by atoms with van der Waals surface area (Å²) in [6.07, 6.45) is -4.46. The molecule has 1 aliphatic heterocycles. The molecule has 0 aliphatic carbocycles. The SMILES string of the molecule is C=C[C@@H](O[C@H]1O[C@H](COC)[C@@H](O)[C@H](OC)[C@H]1OC)[C@H](OC)[C@H](COC(C)=O)OC. The van der Waals surface area contributed by atoms with Gasteiger partial charge >= 0.3 is 5.97 Å². The summed E-state index contributed by atoms with van der Waals surface area (Å²) in [6.45, 7) is 5.22. The van der Waals surface area contributed by atoms with Gasteiger partial charge in [0, 0.05) is 42.5 Å². The number of carbonyl (C=O) groups is 1. The molecule has 8 atom stereocenters. The van der Waals surface area contributed by atoms with Crippen LogP contribution in [-0.2, 0) is 42.7 Å². The Bertz CT molecular complexity index is 488. The summed E-state index contributed by atoms with van der Waals surface area (Å²) < 4.78 is 44.0. The third kappa shape index (κ3) is 6.97. The maximum absolute atomic E-state index is 11.2. The van der Waals surface area contributed by atoms with Crippen LogP contribution in [0.3, 0.4) is 0 Å². The Labute approximate surface area is 171 Å². The lowest BCUT2D eigenvalue weighted by atomic mass is 9.98. The van der Waals surface area contributed by atoms with E-state index in [9.17, 15) is 9.90 Å². The van der Waals surface area contributed by atoms with Crippen molar-refractivity contribution < 1.29 is 47.8 Å². The predicted octanol–water partition coefficient (Wildman–Crippen LogP) is -0.0871. The summed E-state index contributed by atoms with van der Waals surface area (Å²) in [4.78, 5) is 11.2. The lowest BCUT2D eigenvalue weighted by Crippen LogP contribution is -2.61. The molecule has 10 nitrogen and oxygen atoms in total. The molecule has 1 heterocycles. The summed E-state index contributed by atoms with van der Waals surface area (Å²) in [5, 5.41) is 10.5. The first-order valence-corrected chi connectivity index (χ1v) is 9.23. The Hall–Kier alpha value is -1.11. The molecule has 1 saturated heterocycles. The Balaban J connectivity index is 3.01. The van der Waals surface area contributed by atoms with E-state index in [1.807, 2.05) is 0 Å². The van der Waals surface area contributed by atoms with E-state index in [1.54, 1.807) is 0 Å². The molecule has 0 radical (unpaired) electrons. The van der Waals surface area contributed by atoms with Gasteiger partial charge in [0.05, 0.1) is 6.61 Å². The summed E-state index contributed by atoms with van der Waals surface area (Å²) in [6, 6.07) is 0. The van der Waals surface area contributed by atoms with E-state index in [0.29, 0.717) is 0 Å². The van der Waals surface area contributed by atoms with Gasteiger partial charge in [-0.05, 0) is 0 Å². The minimum absolute atomic E-state index is 0.0248. The molecular formula is C19H34O10. The zero-order valence-corrected chi connectivity index (χ0v) is 17.9. The highest BCUT2D eigenvalue weighted by molar-refractivity contribution is 5.65. The van der Waals surface area contributed by atoms with Crippen LogP contribution >= 0.6 is 0 Å². The molecule has 0 bridgehead atoms. The monoisotopic (exact) mass is 422 g/mol. The van der Waals surface area contributed by atoms with Crippen LogP contribution in [0.1, 0.15) is 6.92 Å². The number of methoxy groups -OCH3 is 5. The number of hydrogen-bond acceptors (Lipinski definition) is 10. The second kappa shape index (κ2) is 13.2. The second-order valence-corrected chi connectivity index (χ2v) is 6.50. The molecule has 1 aliphatic rings. The van der Waals surface area contributed by atoms with Gasteiger partial charge in [0.2, 0.25) is 0 Å². The molecular weight excluding hydrogens is 388 g/mol. The Morgan fingerprint density at radius 1 is 1.14 bits per heavy atom. The van der Waals surface area contributed by atoms with Gasteiger partial charge in [-0.2, -0.15) is 0 Å². The fourth-order valence-electron chi connectivity index (χ4n) is 3.24. The molecule has 170 valence electrons. The van der Waals surface area contributed by atoms with E-state index in [4.69, 9.17) is 37.9 Å². The van der Waals surface area contributed by atoms with Crippen molar-refractivity contribution >= 4 is 5.97 Å². The summed E-state index contributed by atoms with van der Waals surface area (Å²) in [7, 11) is 7.39. The van der Waals surface area contributed by atoms with Crippen molar-refractivity contribution in [2.24, 2.45) is 0 Å². The number of hydrogen-bond donors (Lipinski definition) is 1. The van der Waals surface area contributed by atoms with Crippen LogP contribution < -0.4 is 0 Å². The molecule has 1 fully saturated rings. The molecule has 0 aromatic heterocycles. The maximum Gasteiger partial charge on any atom is 0.302 e. The normalized spacial score (nSPS) is 30.4. The van der Waals surface area contributed by atoms with E-state index >= 15 is 0 Å². The molecule has 1 rings (SSSR count).